The number of halogens is 2. The number of anilines is 1. The molecular formula is C15H14F2N2O. The van der Waals surface area contributed by atoms with Crippen LogP contribution in [0.15, 0.2) is 42.5 Å². The number of nitrogens with one attached hydrogen (secondary N) is 1. The van der Waals surface area contributed by atoms with E-state index in [9.17, 15) is 13.6 Å². The second-order valence-electron chi connectivity index (χ2n) is 4.48. The van der Waals surface area contributed by atoms with Crippen LogP contribution in [-0.2, 0) is 4.79 Å². The average Bonchev–Trinajstić information content (AvgIpc) is 2.44. The molecule has 1 unspecified atom stereocenters. The van der Waals surface area contributed by atoms with Gasteiger partial charge in [0.1, 0.15) is 6.04 Å². The summed E-state index contributed by atoms with van der Waals surface area (Å²) < 4.78 is 26.5. The molecule has 2 aromatic rings. The fraction of sp³-hybridized carbons (Fsp3) is 0.133. The van der Waals surface area contributed by atoms with Crippen molar-refractivity contribution in [1.29, 1.82) is 0 Å². The van der Waals surface area contributed by atoms with Gasteiger partial charge in [0.25, 0.3) is 0 Å². The second-order valence-corrected chi connectivity index (χ2v) is 4.48. The maximum absolute atomic E-state index is 13.5. The van der Waals surface area contributed by atoms with E-state index in [1.165, 1.54) is 12.1 Å². The molecule has 3 N–H and O–H groups in total. The largest absolute Gasteiger partial charge is 0.322 e. The van der Waals surface area contributed by atoms with Gasteiger partial charge in [-0.3, -0.25) is 4.79 Å². The van der Waals surface area contributed by atoms with Gasteiger partial charge in [-0.15, -0.1) is 0 Å². The van der Waals surface area contributed by atoms with Crippen LogP contribution in [0.5, 0.6) is 0 Å². The van der Waals surface area contributed by atoms with Gasteiger partial charge < -0.3 is 11.1 Å². The van der Waals surface area contributed by atoms with Gasteiger partial charge >= 0.3 is 0 Å². The molecule has 20 heavy (non-hydrogen) atoms. The van der Waals surface area contributed by atoms with Gasteiger partial charge in [-0.2, -0.15) is 0 Å². The molecule has 0 saturated heterocycles. The Labute approximate surface area is 115 Å². The minimum Gasteiger partial charge on any atom is -0.322 e. The summed E-state index contributed by atoms with van der Waals surface area (Å²) in [6, 6.07) is 9.71. The van der Waals surface area contributed by atoms with Gasteiger partial charge in [-0.05, 0) is 24.6 Å². The number of carbonyl (C=O) groups excluding carboxylic acids is 1. The van der Waals surface area contributed by atoms with E-state index in [1.807, 2.05) is 19.1 Å². The van der Waals surface area contributed by atoms with E-state index in [2.05, 4.69) is 5.32 Å². The molecule has 0 bridgehead atoms. The summed E-state index contributed by atoms with van der Waals surface area (Å²) in [5.74, 6) is -2.72. The Hall–Kier alpha value is -2.27. The minimum atomic E-state index is -1.10. The second kappa shape index (κ2) is 5.79. The van der Waals surface area contributed by atoms with Crippen molar-refractivity contribution >= 4 is 11.6 Å². The van der Waals surface area contributed by atoms with Crippen molar-refractivity contribution in [2.24, 2.45) is 5.73 Å². The molecule has 5 heteroatoms. The Kier molecular flexibility index (Phi) is 4.10. The van der Waals surface area contributed by atoms with Gasteiger partial charge in [-0.25, -0.2) is 8.78 Å². The zero-order valence-corrected chi connectivity index (χ0v) is 10.9. The van der Waals surface area contributed by atoms with E-state index in [-0.39, 0.29) is 5.69 Å². The molecule has 104 valence electrons. The zero-order valence-electron chi connectivity index (χ0n) is 10.9. The fourth-order valence-electron chi connectivity index (χ4n) is 1.74. The average molecular weight is 276 g/mol. The summed E-state index contributed by atoms with van der Waals surface area (Å²) in [7, 11) is 0. The smallest absolute Gasteiger partial charge is 0.245 e. The third-order valence-corrected chi connectivity index (χ3v) is 2.93. The fourth-order valence-corrected chi connectivity index (χ4v) is 1.74. The van der Waals surface area contributed by atoms with Crippen molar-refractivity contribution in [2.45, 2.75) is 13.0 Å². The van der Waals surface area contributed by atoms with Crippen LogP contribution in [0.25, 0.3) is 0 Å². The van der Waals surface area contributed by atoms with Crippen LogP contribution in [-0.4, -0.2) is 5.91 Å². The maximum atomic E-state index is 13.5. The van der Waals surface area contributed by atoms with Crippen molar-refractivity contribution in [3.8, 4) is 0 Å². The van der Waals surface area contributed by atoms with Crippen LogP contribution in [0.4, 0.5) is 14.5 Å². The van der Waals surface area contributed by atoms with Gasteiger partial charge in [0.15, 0.2) is 11.6 Å². The van der Waals surface area contributed by atoms with Gasteiger partial charge in [0, 0.05) is 0 Å². The minimum absolute atomic E-state index is 0.224. The Morgan fingerprint density at radius 2 is 1.80 bits per heavy atom. The highest BCUT2D eigenvalue weighted by atomic mass is 19.2. The molecule has 0 aliphatic heterocycles. The number of amides is 1. The summed E-state index contributed by atoms with van der Waals surface area (Å²) in [4.78, 5) is 11.9. The molecule has 3 nitrogen and oxygen atoms in total. The highest BCUT2D eigenvalue weighted by Gasteiger charge is 2.18. The molecule has 0 heterocycles. The Balaban J connectivity index is 2.15. The Morgan fingerprint density at radius 1 is 1.15 bits per heavy atom. The molecule has 0 radical (unpaired) electrons. The SMILES string of the molecule is Cc1ccc(C(N)C(=O)Nc2cccc(F)c2F)cc1. The molecule has 0 fully saturated rings. The molecule has 2 rings (SSSR count). The van der Waals surface area contributed by atoms with E-state index in [1.54, 1.807) is 12.1 Å². The molecule has 1 atom stereocenters. The maximum Gasteiger partial charge on any atom is 0.245 e. The number of nitrogens with two attached hydrogens (primary N) is 1. The van der Waals surface area contributed by atoms with Crippen LogP contribution in [0.1, 0.15) is 17.2 Å². The van der Waals surface area contributed by atoms with Crippen molar-refractivity contribution in [3.05, 3.63) is 65.2 Å². The lowest BCUT2D eigenvalue weighted by Gasteiger charge is -2.13. The summed E-state index contributed by atoms with van der Waals surface area (Å²) in [5.41, 5.74) is 7.21. The number of hydrogen-bond acceptors (Lipinski definition) is 2. The van der Waals surface area contributed by atoms with Crippen molar-refractivity contribution in [3.63, 3.8) is 0 Å². The van der Waals surface area contributed by atoms with Crippen LogP contribution in [0.2, 0.25) is 0 Å². The number of benzene rings is 2. The first-order valence-corrected chi connectivity index (χ1v) is 6.06. The molecular weight excluding hydrogens is 262 g/mol. The third kappa shape index (κ3) is 3.00. The molecule has 2 aromatic carbocycles. The Morgan fingerprint density at radius 3 is 2.45 bits per heavy atom. The first-order chi connectivity index (χ1) is 9.49. The molecule has 0 saturated carbocycles. The Bertz CT molecular complexity index is 626. The first-order valence-electron chi connectivity index (χ1n) is 6.06. The normalized spacial score (nSPS) is 12.0. The highest BCUT2D eigenvalue weighted by molar-refractivity contribution is 5.95. The zero-order chi connectivity index (χ0) is 14.7. The van der Waals surface area contributed by atoms with Gasteiger partial charge in [0.05, 0.1) is 5.69 Å². The van der Waals surface area contributed by atoms with Crippen molar-refractivity contribution in [2.75, 3.05) is 5.32 Å². The summed E-state index contributed by atoms with van der Waals surface area (Å²) in [6.07, 6.45) is 0. The lowest BCUT2D eigenvalue weighted by atomic mass is 10.1. The number of rotatable bonds is 3. The topological polar surface area (TPSA) is 55.1 Å². The predicted molar refractivity (Wildman–Crippen MR) is 73.1 cm³/mol. The predicted octanol–water partition coefficient (Wildman–Crippen LogP) is 2.91. The first kappa shape index (κ1) is 14.1. The lowest BCUT2D eigenvalue weighted by Crippen LogP contribution is -2.28. The quantitative estimate of drug-likeness (QED) is 0.905. The van der Waals surface area contributed by atoms with Crippen LogP contribution in [0.3, 0.4) is 0 Å². The standard InChI is InChI=1S/C15H14F2N2O/c1-9-5-7-10(8-6-9)14(18)15(20)19-12-4-2-3-11(16)13(12)17/h2-8,14H,18H2,1H3,(H,19,20). The monoisotopic (exact) mass is 276 g/mol. The number of carbonyl (C=O) groups is 1. The van der Waals surface area contributed by atoms with E-state index < -0.39 is 23.6 Å². The molecule has 0 aliphatic carbocycles. The van der Waals surface area contributed by atoms with Crippen molar-refractivity contribution in [1.82, 2.24) is 0 Å². The van der Waals surface area contributed by atoms with Crippen molar-refractivity contribution < 1.29 is 13.6 Å². The summed E-state index contributed by atoms with van der Waals surface area (Å²) in [6.45, 7) is 1.91. The van der Waals surface area contributed by atoms with Gasteiger partial charge in [-0.1, -0.05) is 35.9 Å². The number of hydrogen-bond donors (Lipinski definition) is 2. The number of aryl methyl sites for hydroxylation is 1. The van der Waals surface area contributed by atoms with E-state index in [0.717, 1.165) is 11.6 Å². The highest BCUT2D eigenvalue weighted by Crippen LogP contribution is 2.19. The van der Waals surface area contributed by atoms with Gasteiger partial charge in [0.2, 0.25) is 5.91 Å². The molecule has 0 aromatic heterocycles. The van der Waals surface area contributed by atoms with E-state index >= 15 is 0 Å². The molecule has 0 spiro atoms. The molecule has 0 aliphatic rings. The molecule has 1 amide bonds. The van der Waals surface area contributed by atoms with Crippen LogP contribution >= 0.6 is 0 Å². The third-order valence-electron chi connectivity index (χ3n) is 2.93. The van der Waals surface area contributed by atoms with E-state index in [0.29, 0.717) is 5.56 Å². The summed E-state index contributed by atoms with van der Waals surface area (Å²) >= 11 is 0. The summed E-state index contributed by atoms with van der Waals surface area (Å²) in [5, 5.41) is 2.28. The lowest BCUT2D eigenvalue weighted by molar-refractivity contribution is -0.117. The van der Waals surface area contributed by atoms with Crippen LogP contribution < -0.4 is 11.1 Å². The van der Waals surface area contributed by atoms with E-state index in [4.69, 9.17) is 5.73 Å². The van der Waals surface area contributed by atoms with Crippen LogP contribution in [0, 0.1) is 18.6 Å².